The molecule has 2 rings (SSSR count). The molecule has 0 aliphatic carbocycles. The quantitative estimate of drug-likeness (QED) is 0.758. The summed E-state index contributed by atoms with van der Waals surface area (Å²) in [6.07, 6.45) is -7.66. The van der Waals surface area contributed by atoms with Crippen LogP contribution in [-0.4, -0.2) is 46.5 Å². The summed E-state index contributed by atoms with van der Waals surface area (Å²) in [5.74, 6) is -4.81. The standard InChI is InChI=1S/C12H10F5NO4/c13-6-1-5(12(15,16)17)2-7(14)10(6)11(21)18-3-8(19)9(20)4-22-18/h1-2,8-9,19-20H,3-4H2/t8-,9+/m0/s1. The van der Waals surface area contributed by atoms with E-state index < -0.39 is 60.2 Å². The number of rotatable bonds is 1. The summed E-state index contributed by atoms with van der Waals surface area (Å²) in [5.41, 5.74) is -2.81. The highest BCUT2D eigenvalue weighted by atomic mass is 19.4. The molecule has 1 aromatic rings. The molecular formula is C12H10F5NO4. The summed E-state index contributed by atoms with van der Waals surface area (Å²) >= 11 is 0. The molecule has 22 heavy (non-hydrogen) atoms. The zero-order chi connectivity index (χ0) is 16.7. The molecule has 1 heterocycles. The molecule has 0 radical (unpaired) electrons. The normalized spacial score (nSPS) is 22.8. The number of halogens is 5. The number of amides is 1. The molecule has 10 heteroatoms. The molecule has 2 N–H and O–H groups in total. The third-order valence-corrected chi connectivity index (χ3v) is 3.01. The molecule has 0 unspecified atom stereocenters. The van der Waals surface area contributed by atoms with Gasteiger partial charge in [0.2, 0.25) is 0 Å². The summed E-state index contributed by atoms with van der Waals surface area (Å²) in [6.45, 7) is -1.09. The van der Waals surface area contributed by atoms with E-state index in [0.29, 0.717) is 5.06 Å². The van der Waals surface area contributed by atoms with Gasteiger partial charge in [0.25, 0.3) is 5.91 Å². The van der Waals surface area contributed by atoms with Crippen LogP contribution in [0.25, 0.3) is 0 Å². The van der Waals surface area contributed by atoms with Gasteiger partial charge in [0.1, 0.15) is 36.0 Å². The van der Waals surface area contributed by atoms with E-state index in [1.807, 2.05) is 0 Å². The summed E-state index contributed by atoms with van der Waals surface area (Å²) in [5, 5.41) is 19.0. The zero-order valence-corrected chi connectivity index (χ0v) is 10.8. The van der Waals surface area contributed by atoms with E-state index in [1.165, 1.54) is 0 Å². The van der Waals surface area contributed by atoms with Crippen molar-refractivity contribution in [2.75, 3.05) is 13.2 Å². The molecule has 1 saturated heterocycles. The number of aliphatic hydroxyl groups is 2. The highest BCUT2D eigenvalue weighted by molar-refractivity contribution is 5.94. The van der Waals surface area contributed by atoms with Gasteiger partial charge in [-0.25, -0.2) is 13.8 Å². The largest absolute Gasteiger partial charge is 0.416 e. The van der Waals surface area contributed by atoms with Crippen LogP contribution in [0.5, 0.6) is 0 Å². The van der Waals surface area contributed by atoms with Crippen molar-refractivity contribution in [2.24, 2.45) is 0 Å². The van der Waals surface area contributed by atoms with Crippen LogP contribution >= 0.6 is 0 Å². The molecule has 122 valence electrons. The number of benzene rings is 1. The van der Waals surface area contributed by atoms with Gasteiger partial charge in [0.15, 0.2) is 0 Å². The van der Waals surface area contributed by atoms with Crippen molar-refractivity contribution in [3.05, 3.63) is 34.9 Å². The number of nitrogens with zero attached hydrogens (tertiary/aromatic N) is 1. The number of hydrogen-bond acceptors (Lipinski definition) is 4. The molecule has 1 aliphatic rings. The van der Waals surface area contributed by atoms with Crippen LogP contribution in [0.2, 0.25) is 0 Å². The number of hydroxylamine groups is 2. The Balaban J connectivity index is 2.31. The van der Waals surface area contributed by atoms with Crippen molar-refractivity contribution in [1.29, 1.82) is 0 Å². The van der Waals surface area contributed by atoms with Gasteiger partial charge in [0.05, 0.1) is 12.1 Å². The number of aliphatic hydroxyl groups excluding tert-OH is 2. The van der Waals surface area contributed by atoms with Crippen molar-refractivity contribution in [3.63, 3.8) is 0 Å². The van der Waals surface area contributed by atoms with E-state index >= 15 is 0 Å². The Morgan fingerprint density at radius 2 is 1.73 bits per heavy atom. The Kier molecular flexibility index (Phi) is 4.36. The summed E-state index contributed by atoms with van der Waals surface area (Å²) in [6, 6.07) is -0.0168. The van der Waals surface area contributed by atoms with E-state index in [2.05, 4.69) is 0 Å². The van der Waals surface area contributed by atoms with Crippen LogP contribution in [0.3, 0.4) is 0 Å². The van der Waals surface area contributed by atoms with E-state index in [9.17, 15) is 37.0 Å². The predicted octanol–water partition coefficient (Wildman–Crippen LogP) is 1.09. The zero-order valence-electron chi connectivity index (χ0n) is 10.8. The van der Waals surface area contributed by atoms with E-state index in [4.69, 9.17) is 4.84 Å². The van der Waals surface area contributed by atoms with Gasteiger partial charge in [-0.1, -0.05) is 0 Å². The van der Waals surface area contributed by atoms with Crippen LogP contribution in [-0.2, 0) is 11.0 Å². The highest BCUT2D eigenvalue weighted by Crippen LogP contribution is 2.32. The molecule has 5 nitrogen and oxygen atoms in total. The maximum absolute atomic E-state index is 13.7. The smallest absolute Gasteiger partial charge is 0.388 e. The molecule has 0 saturated carbocycles. The molecule has 1 amide bonds. The van der Waals surface area contributed by atoms with Crippen molar-refractivity contribution in [2.45, 2.75) is 18.4 Å². The topological polar surface area (TPSA) is 70.0 Å². The van der Waals surface area contributed by atoms with Gasteiger partial charge >= 0.3 is 6.18 Å². The Morgan fingerprint density at radius 1 is 1.18 bits per heavy atom. The lowest BCUT2D eigenvalue weighted by Crippen LogP contribution is -2.50. The average molecular weight is 327 g/mol. The van der Waals surface area contributed by atoms with Crippen molar-refractivity contribution in [3.8, 4) is 0 Å². The molecular weight excluding hydrogens is 317 g/mol. The molecule has 2 atom stereocenters. The van der Waals surface area contributed by atoms with E-state index in [1.54, 1.807) is 0 Å². The molecule has 1 fully saturated rings. The second-order valence-electron chi connectivity index (χ2n) is 4.61. The van der Waals surface area contributed by atoms with Crippen LogP contribution in [0.15, 0.2) is 12.1 Å². The first-order chi connectivity index (χ1) is 10.1. The third kappa shape index (κ3) is 3.18. The lowest BCUT2D eigenvalue weighted by Gasteiger charge is -2.32. The fourth-order valence-electron chi connectivity index (χ4n) is 1.83. The van der Waals surface area contributed by atoms with Crippen LogP contribution in [0.1, 0.15) is 15.9 Å². The Morgan fingerprint density at radius 3 is 2.18 bits per heavy atom. The lowest BCUT2D eigenvalue weighted by atomic mass is 10.1. The van der Waals surface area contributed by atoms with Gasteiger partial charge in [0, 0.05) is 0 Å². The second-order valence-corrected chi connectivity index (χ2v) is 4.61. The van der Waals surface area contributed by atoms with E-state index in [-0.39, 0.29) is 12.1 Å². The molecule has 0 bridgehead atoms. The van der Waals surface area contributed by atoms with Crippen LogP contribution in [0, 0.1) is 11.6 Å². The first-order valence-corrected chi connectivity index (χ1v) is 5.98. The van der Waals surface area contributed by atoms with Crippen LogP contribution in [0.4, 0.5) is 22.0 Å². The lowest BCUT2D eigenvalue weighted by molar-refractivity contribution is -0.212. The van der Waals surface area contributed by atoms with Gasteiger partial charge in [-0.15, -0.1) is 0 Å². The summed E-state index contributed by atoms with van der Waals surface area (Å²) < 4.78 is 64.6. The van der Waals surface area contributed by atoms with Crippen molar-refractivity contribution < 1.29 is 41.8 Å². The molecule has 0 spiro atoms. The van der Waals surface area contributed by atoms with Crippen molar-refractivity contribution >= 4 is 5.91 Å². The predicted molar refractivity (Wildman–Crippen MR) is 60.4 cm³/mol. The SMILES string of the molecule is O=C(c1c(F)cc(C(F)(F)F)cc1F)N1C[C@H](O)[C@H](O)CO1. The fraction of sp³-hybridized carbons (Fsp3) is 0.417. The van der Waals surface area contributed by atoms with Crippen molar-refractivity contribution in [1.82, 2.24) is 5.06 Å². The number of hydrogen-bond donors (Lipinski definition) is 2. The van der Waals surface area contributed by atoms with Gasteiger partial charge in [-0.05, 0) is 12.1 Å². The maximum atomic E-state index is 13.7. The third-order valence-electron chi connectivity index (χ3n) is 3.01. The van der Waals surface area contributed by atoms with Crippen LogP contribution < -0.4 is 0 Å². The highest BCUT2D eigenvalue weighted by Gasteiger charge is 2.36. The maximum Gasteiger partial charge on any atom is 0.416 e. The fourth-order valence-corrected chi connectivity index (χ4v) is 1.83. The second kappa shape index (κ2) is 5.78. The number of β-amino-alcohol motifs (C(OH)–C–C–N with tert-alkyl or cyclic N) is 1. The number of alkyl halides is 3. The molecule has 1 aliphatic heterocycles. The summed E-state index contributed by atoms with van der Waals surface area (Å²) in [4.78, 5) is 16.6. The first kappa shape index (κ1) is 16.6. The minimum Gasteiger partial charge on any atom is -0.388 e. The molecule has 0 aromatic heterocycles. The van der Waals surface area contributed by atoms with Gasteiger partial charge in [-0.2, -0.15) is 13.2 Å². The molecule has 1 aromatic carbocycles. The average Bonchev–Trinajstić information content (AvgIpc) is 2.39. The van der Waals surface area contributed by atoms with Gasteiger partial charge < -0.3 is 10.2 Å². The number of carbonyl (C=O) groups excluding carboxylic acids is 1. The minimum absolute atomic E-state index is 0.00840. The number of carbonyl (C=O) groups is 1. The Labute approximate surface area is 120 Å². The Hall–Kier alpha value is -1.78. The first-order valence-electron chi connectivity index (χ1n) is 5.98. The Bertz CT molecular complexity index is 568. The van der Waals surface area contributed by atoms with E-state index in [0.717, 1.165) is 0 Å². The minimum atomic E-state index is -4.97. The summed E-state index contributed by atoms with van der Waals surface area (Å²) in [7, 11) is 0. The van der Waals surface area contributed by atoms with Gasteiger partial charge in [-0.3, -0.25) is 9.63 Å². The monoisotopic (exact) mass is 327 g/mol.